The lowest BCUT2D eigenvalue weighted by atomic mass is 10.1. The van der Waals surface area contributed by atoms with Gasteiger partial charge in [-0.1, -0.05) is 12.1 Å². The molecule has 0 saturated heterocycles. The van der Waals surface area contributed by atoms with E-state index in [0.717, 1.165) is 20.1 Å². The Labute approximate surface area is 259 Å². The number of ether oxygens (including phenoxy) is 2. The van der Waals surface area contributed by atoms with Gasteiger partial charge in [-0.15, -0.1) is 11.3 Å². The predicted molar refractivity (Wildman–Crippen MR) is 171 cm³/mol. The van der Waals surface area contributed by atoms with E-state index in [1.54, 1.807) is 66.5 Å². The van der Waals surface area contributed by atoms with Gasteiger partial charge in [0.05, 0.1) is 46.2 Å². The fourth-order valence-electron chi connectivity index (χ4n) is 4.41. The first-order valence-corrected chi connectivity index (χ1v) is 15.2. The molecule has 0 aliphatic heterocycles. The summed E-state index contributed by atoms with van der Waals surface area (Å²) in [6.45, 7) is 2.58. The van der Waals surface area contributed by atoms with Gasteiger partial charge >= 0.3 is 0 Å². The lowest BCUT2D eigenvalue weighted by molar-refractivity contribution is 0.146. The number of pyridine rings is 3. The smallest absolute Gasteiger partial charge is 0.260 e. The highest BCUT2D eigenvalue weighted by Gasteiger charge is 2.20. The molecule has 0 aliphatic carbocycles. The van der Waals surface area contributed by atoms with E-state index in [1.807, 2.05) is 31.2 Å². The van der Waals surface area contributed by atoms with Gasteiger partial charge < -0.3 is 14.0 Å². The quantitative estimate of drug-likeness (QED) is 0.0664. The van der Waals surface area contributed by atoms with Crippen molar-refractivity contribution in [3.63, 3.8) is 0 Å². The summed E-state index contributed by atoms with van der Waals surface area (Å²) in [7, 11) is 3.38. The maximum Gasteiger partial charge on any atom is 0.260 e. The highest BCUT2D eigenvalue weighted by molar-refractivity contribution is 8.15. The molecule has 224 valence electrons. The summed E-state index contributed by atoms with van der Waals surface area (Å²) in [4.78, 5) is 27.1. The van der Waals surface area contributed by atoms with E-state index < -0.39 is 11.9 Å². The number of hydrogen-bond donors (Lipinski definition) is 1. The fraction of sp³-hybridized carbons (Fsp3) is 0.200. The van der Waals surface area contributed by atoms with Gasteiger partial charge in [0, 0.05) is 43.9 Å². The second kappa shape index (κ2) is 12.9. The monoisotopic (exact) mass is 630 g/mol. The summed E-state index contributed by atoms with van der Waals surface area (Å²) in [5.74, 6) is -0.171. The van der Waals surface area contributed by atoms with Crippen LogP contribution in [0.5, 0.6) is 5.75 Å². The minimum Gasteiger partial charge on any atom is -0.490 e. The van der Waals surface area contributed by atoms with Gasteiger partial charge in [0.1, 0.15) is 17.4 Å². The molecular formula is C30H27FN8O3S2. The summed E-state index contributed by atoms with van der Waals surface area (Å²) in [6, 6.07) is 12.0. The molecule has 0 amide bonds. The summed E-state index contributed by atoms with van der Waals surface area (Å²) < 4.78 is 30.8. The third-order valence-electron chi connectivity index (χ3n) is 6.70. The van der Waals surface area contributed by atoms with Crippen LogP contribution in [-0.4, -0.2) is 54.7 Å². The Morgan fingerprint density at radius 2 is 1.98 bits per heavy atom. The van der Waals surface area contributed by atoms with Crippen molar-refractivity contribution in [1.82, 2.24) is 29.3 Å². The number of benzene rings is 1. The van der Waals surface area contributed by atoms with Gasteiger partial charge in [-0.05, 0) is 49.0 Å². The Morgan fingerprint density at radius 1 is 1.11 bits per heavy atom. The summed E-state index contributed by atoms with van der Waals surface area (Å²) in [5, 5.41) is 9.56. The number of thioether (sulfide) groups is 1. The number of aryl methyl sites for hydroxylation is 1. The molecule has 14 heteroatoms. The molecule has 5 heterocycles. The molecule has 0 fully saturated rings. The van der Waals surface area contributed by atoms with Gasteiger partial charge in [-0.2, -0.15) is 10.2 Å². The van der Waals surface area contributed by atoms with Crippen LogP contribution in [0.4, 0.5) is 10.2 Å². The molecule has 1 N–H and O–H groups in total. The zero-order valence-corrected chi connectivity index (χ0v) is 25.6. The average molecular weight is 631 g/mol. The molecule has 44 heavy (non-hydrogen) atoms. The molecule has 0 unspecified atom stereocenters. The van der Waals surface area contributed by atoms with Crippen molar-refractivity contribution < 1.29 is 13.9 Å². The Morgan fingerprint density at radius 3 is 2.75 bits per heavy atom. The molecule has 6 aromatic rings. The van der Waals surface area contributed by atoms with Crippen molar-refractivity contribution >= 4 is 55.1 Å². The van der Waals surface area contributed by atoms with E-state index in [4.69, 9.17) is 14.5 Å². The Balaban J connectivity index is 1.34. The summed E-state index contributed by atoms with van der Waals surface area (Å²) in [5.41, 5.74) is 5.22. The minimum absolute atomic E-state index is 0.0554. The minimum atomic E-state index is -0.581. The number of anilines is 1. The fourth-order valence-corrected chi connectivity index (χ4v) is 6.49. The second-order valence-corrected chi connectivity index (χ2v) is 12.0. The molecular weight excluding hydrogens is 604 g/mol. The molecule has 0 saturated carbocycles. The van der Waals surface area contributed by atoms with Crippen molar-refractivity contribution in [1.29, 1.82) is 0 Å². The average Bonchev–Trinajstić information content (AvgIpc) is 3.65. The van der Waals surface area contributed by atoms with Crippen LogP contribution in [0.1, 0.15) is 13.0 Å². The zero-order chi connectivity index (χ0) is 30.6. The van der Waals surface area contributed by atoms with E-state index in [9.17, 15) is 4.79 Å². The van der Waals surface area contributed by atoms with Gasteiger partial charge in [-0.3, -0.25) is 19.9 Å². The molecule has 11 nitrogen and oxygen atoms in total. The lowest BCUT2D eigenvalue weighted by Crippen LogP contribution is -2.27. The first-order valence-electron chi connectivity index (χ1n) is 13.5. The van der Waals surface area contributed by atoms with E-state index in [2.05, 4.69) is 25.6 Å². The van der Waals surface area contributed by atoms with Crippen molar-refractivity contribution in [3.05, 3.63) is 89.6 Å². The number of rotatable bonds is 10. The van der Waals surface area contributed by atoms with Crippen LogP contribution < -0.4 is 15.7 Å². The van der Waals surface area contributed by atoms with Gasteiger partial charge in [0.2, 0.25) is 0 Å². The number of halogens is 1. The van der Waals surface area contributed by atoms with Crippen molar-refractivity contribution in [2.24, 2.45) is 12.1 Å². The molecule has 1 atom stereocenters. The van der Waals surface area contributed by atoms with Crippen LogP contribution >= 0.6 is 23.1 Å². The molecule has 0 radical (unpaired) electrons. The van der Waals surface area contributed by atoms with Crippen LogP contribution in [0.2, 0.25) is 0 Å². The van der Waals surface area contributed by atoms with Crippen molar-refractivity contribution in [3.8, 4) is 16.9 Å². The van der Waals surface area contributed by atoms with E-state index in [0.29, 0.717) is 40.5 Å². The normalized spacial score (nSPS) is 12.6. The molecule has 1 aromatic carbocycles. The standard InChI is InChI=1S/C30H27FN8O3S2/c1-18(39-9-8-24-22(29(39)40)13-21(16-32-24)42-11-10-41-3)28(44-30-35-25-6-4-5-7-26(25)43-30)37-36-27-23(31)12-19(14-33-27)20-15-34-38(2)17-20/h4-9,12-18H,10-11H2,1-3H3,(H,33,36)/b37-28-/t18-/m1/s1. The first-order chi connectivity index (χ1) is 21.4. The SMILES string of the molecule is COCCOc1cnc2ccn([C@H](C)/C(=N/Nc3ncc(-c4cnn(C)c4)cc3F)Sc3nc4ccccc4s3)c(=O)c2c1. The third kappa shape index (κ3) is 6.32. The van der Waals surface area contributed by atoms with Crippen molar-refractivity contribution in [2.75, 3.05) is 25.7 Å². The predicted octanol–water partition coefficient (Wildman–Crippen LogP) is 5.74. The molecule has 6 rings (SSSR count). The highest BCUT2D eigenvalue weighted by atomic mass is 32.2. The lowest BCUT2D eigenvalue weighted by Gasteiger charge is -2.17. The van der Waals surface area contributed by atoms with Crippen LogP contribution in [0.25, 0.3) is 32.2 Å². The first kappa shape index (κ1) is 29.4. The molecule has 0 spiro atoms. The van der Waals surface area contributed by atoms with Gasteiger partial charge in [0.25, 0.3) is 5.56 Å². The Bertz CT molecular complexity index is 2010. The Kier molecular flexibility index (Phi) is 8.63. The molecule has 5 aromatic heterocycles. The number of fused-ring (bicyclic) bond motifs is 2. The van der Waals surface area contributed by atoms with E-state index >= 15 is 4.39 Å². The van der Waals surface area contributed by atoms with Crippen LogP contribution in [0.3, 0.4) is 0 Å². The number of aromatic nitrogens is 6. The molecule has 0 aliphatic rings. The zero-order valence-electron chi connectivity index (χ0n) is 24.0. The van der Waals surface area contributed by atoms with Crippen LogP contribution in [0.15, 0.2) is 87.7 Å². The van der Waals surface area contributed by atoms with E-state index in [-0.39, 0.29) is 11.4 Å². The second-order valence-electron chi connectivity index (χ2n) is 9.72. The number of hydrazone groups is 1. The topological polar surface area (TPSA) is 121 Å². The van der Waals surface area contributed by atoms with Crippen molar-refractivity contribution in [2.45, 2.75) is 17.3 Å². The van der Waals surface area contributed by atoms with Crippen LogP contribution in [0, 0.1) is 5.82 Å². The Hall–Kier alpha value is -4.66. The maximum absolute atomic E-state index is 15.2. The maximum atomic E-state index is 15.2. The number of nitrogens with zero attached hydrogens (tertiary/aromatic N) is 7. The van der Waals surface area contributed by atoms with Gasteiger partial charge in [-0.25, -0.2) is 14.4 Å². The van der Waals surface area contributed by atoms with Gasteiger partial charge in [0.15, 0.2) is 16.0 Å². The van der Waals surface area contributed by atoms with E-state index in [1.165, 1.54) is 29.2 Å². The summed E-state index contributed by atoms with van der Waals surface area (Å²) in [6.07, 6.45) is 8.22. The largest absolute Gasteiger partial charge is 0.490 e. The third-order valence-corrected chi connectivity index (χ3v) is 8.94. The number of nitrogens with one attached hydrogen (secondary N) is 1. The number of hydrogen-bond acceptors (Lipinski definition) is 11. The highest BCUT2D eigenvalue weighted by Crippen LogP contribution is 2.33. The van der Waals surface area contributed by atoms with Crippen LogP contribution in [-0.2, 0) is 11.8 Å². The number of para-hydroxylation sites is 1. The number of methoxy groups -OCH3 is 1. The number of thiazole rings is 1. The molecule has 0 bridgehead atoms. The summed E-state index contributed by atoms with van der Waals surface area (Å²) >= 11 is 2.80.